The van der Waals surface area contributed by atoms with E-state index in [1.807, 2.05) is 0 Å². The molecule has 0 aliphatic rings. The van der Waals surface area contributed by atoms with Gasteiger partial charge in [-0.1, -0.05) is 6.07 Å². The molecule has 0 aliphatic carbocycles. The Balaban J connectivity index is 2.47. The number of H-pyrrole nitrogens is 1. The molecule has 0 radical (unpaired) electrons. The van der Waals surface area contributed by atoms with Crippen LogP contribution in [0.2, 0.25) is 0 Å². The van der Waals surface area contributed by atoms with Gasteiger partial charge in [0.1, 0.15) is 5.82 Å². The van der Waals surface area contributed by atoms with Crippen molar-refractivity contribution in [3.63, 3.8) is 0 Å². The number of aromatic nitrogens is 1. The molecule has 0 saturated heterocycles. The minimum Gasteiger partial charge on any atom is -0.359 e. The third kappa shape index (κ3) is 1.85. The summed E-state index contributed by atoms with van der Waals surface area (Å²) in [5.74, 6) is -0.879. The van der Waals surface area contributed by atoms with E-state index >= 15 is 0 Å². The van der Waals surface area contributed by atoms with Crippen LogP contribution in [0.1, 0.15) is 16.1 Å². The fourth-order valence-corrected chi connectivity index (χ4v) is 1.66. The molecule has 1 heterocycles. The monoisotopic (exact) mass is 267 g/mol. The molecule has 76 valence electrons. The van der Waals surface area contributed by atoms with E-state index in [0.717, 1.165) is 0 Å². The topological polar surface area (TPSA) is 32.9 Å². The van der Waals surface area contributed by atoms with Gasteiger partial charge in [-0.15, -0.1) is 0 Å². The van der Waals surface area contributed by atoms with E-state index in [0.29, 0.717) is 10.2 Å². The quantitative estimate of drug-likeness (QED) is 0.834. The first-order valence-corrected chi connectivity index (χ1v) is 5.11. The highest BCUT2D eigenvalue weighted by Crippen LogP contribution is 2.20. The van der Waals surface area contributed by atoms with Crippen molar-refractivity contribution in [2.75, 3.05) is 0 Å². The standard InChI is InChI=1S/C11H7BrFNO/c12-8-4-1-3-7(10(8)13)11(15)9-5-2-6-14-9/h1-6,14H. The van der Waals surface area contributed by atoms with Gasteiger partial charge in [0, 0.05) is 6.20 Å². The van der Waals surface area contributed by atoms with Crippen LogP contribution in [0.4, 0.5) is 4.39 Å². The van der Waals surface area contributed by atoms with E-state index in [1.165, 1.54) is 6.07 Å². The van der Waals surface area contributed by atoms with Crippen molar-refractivity contribution < 1.29 is 9.18 Å². The molecule has 0 spiro atoms. The van der Waals surface area contributed by atoms with Crippen LogP contribution in [0.15, 0.2) is 41.0 Å². The molecule has 0 aliphatic heterocycles. The Morgan fingerprint density at radius 2 is 2.07 bits per heavy atom. The van der Waals surface area contributed by atoms with Gasteiger partial charge in [-0.25, -0.2) is 4.39 Å². The summed E-state index contributed by atoms with van der Waals surface area (Å²) in [5.41, 5.74) is 0.443. The smallest absolute Gasteiger partial charge is 0.212 e. The van der Waals surface area contributed by atoms with E-state index in [2.05, 4.69) is 20.9 Å². The highest BCUT2D eigenvalue weighted by atomic mass is 79.9. The lowest BCUT2D eigenvalue weighted by molar-refractivity contribution is 0.103. The Labute approximate surface area is 94.3 Å². The number of hydrogen-bond acceptors (Lipinski definition) is 1. The summed E-state index contributed by atoms with van der Waals surface area (Å²) in [5, 5.41) is 0. The second-order valence-corrected chi connectivity index (χ2v) is 3.87. The van der Waals surface area contributed by atoms with Crippen LogP contribution < -0.4 is 0 Å². The lowest BCUT2D eigenvalue weighted by Crippen LogP contribution is -2.04. The van der Waals surface area contributed by atoms with Gasteiger partial charge in [-0.2, -0.15) is 0 Å². The van der Waals surface area contributed by atoms with Crippen molar-refractivity contribution in [3.05, 3.63) is 58.1 Å². The number of rotatable bonds is 2. The van der Waals surface area contributed by atoms with Gasteiger partial charge in [0.15, 0.2) is 0 Å². The maximum atomic E-state index is 13.6. The zero-order valence-electron chi connectivity index (χ0n) is 7.63. The second kappa shape index (κ2) is 3.98. The molecule has 1 aromatic heterocycles. The van der Waals surface area contributed by atoms with Crippen LogP contribution in [-0.2, 0) is 0 Å². The molecule has 15 heavy (non-hydrogen) atoms. The Morgan fingerprint density at radius 1 is 1.27 bits per heavy atom. The number of hydrogen-bond donors (Lipinski definition) is 1. The molecule has 0 unspecified atom stereocenters. The number of carbonyl (C=O) groups is 1. The number of aromatic amines is 1. The molecule has 0 saturated carbocycles. The molecule has 2 nitrogen and oxygen atoms in total. The molecular weight excluding hydrogens is 261 g/mol. The summed E-state index contributed by atoms with van der Waals surface area (Å²) >= 11 is 3.04. The zero-order chi connectivity index (χ0) is 10.8. The summed E-state index contributed by atoms with van der Waals surface area (Å²) in [7, 11) is 0. The van der Waals surface area contributed by atoms with Gasteiger partial charge in [-0.3, -0.25) is 4.79 Å². The molecule has 2 aromatic rings. The minimum atomic E-state index is -0.530. The minimum absolute atomic E-state index is 0.0619. The summed E-state index contributed by atoms with van der Waals surface area (Å²) in [4.78, 5) is 14.5. The Kier molecular flexibility index (Phi) is 2.68. The van der Waals surface area contributed by atoms with Crippen LogP contribution in [-0.4, -0.2) is 10.8 Å². The summed E-state index contributed by atoms with van der Waals surface area (Å²) in [6.45, 7) is 0. The molecule has 0 fully saturated rings. The van der Waals surface area contributed by atoms with E-state index in [9.17, 15) is 9.18 Å². The lowest BCUT2D eigenvalue weighted by Gasteiger charge is -2.01. The maximum absolute atomic E-state index is 13.6. The number of benzene rings is 1. The number of halogens is 2. The first-order valence-electron chi connectivity index (χ1n) is 4.32. The average molecular weight is 268 g/mol. The fourth-order valence-electron chi connectivity index (χ4n) is 1.30. The zero-order valence-corrected chi connectivity index (χ0v) is 9.21. The van der Waals surface area contributed by atoms with Crippen LogP contribution in [0.3, 0.4) is 0 Å². The summed E-state index contributed by atoms with van der Waals surface area (Å²) < 4.78 is 13.9. The lowest BCUT2D eigenvalue weighted by atomic mass is 10.1. The molecule has 0 bridgehead atoms. The Morgan fingerprint density at radius 3 is 2.73 bits per heavy atom. The van der Waals surface area contributed by atoms with Crippen molar-refractivity contribution >= 4 is 21.7 Å². The van der Waals surface area contributed by atoms with Crippen LogP contribution in [0.5, 0.6) is 0 Å². The van der Waals surface area contributed by atoms with Crippen LogP contribution in [0, 0.1) is 5.82 Å². The maximum Gasteiger partial charge on any atom is 0.212 e. The highest BCUT2D eigenvalue weighted by Gasteiger charge is 2.15. The molecular formula is C11H7BrFNO. The van der Waals surface area contributed by atoms with Gasteiger partial charge in [0.25, 0.3) is 0 Å². The largest absolute Gasteiger partial charge is 0.359 e. The van der Waals surface area contributed by atoms with Crippen molar-refractivity contribution in [1.29, 1.82) is 0 Å². The van der Waals surface area contributed by atoms with Crippen molar-refractivity contribution in [3.8, 4) is 0 Å². The van der Waals surface area contributed by atoms with Gasteiger partial charge < -0.3 is 4.98 Å². The van der Waals surface area contributed by atoms with Crippen LogP contribution in [0.25, 0.3) is 0 Å². The van der Waals surface area contributed by atoms with E-state index in [1.54, 1.807) is 30.5 Å². The van der Waals surface area contributed by atoms with E-state index < -0.39 is 5.82 Å². The molecule has 0 atom stereocenters. The normalized spacial score (nSPS) is 10.3. The number of nitrogens with one attached hydrogen (secondary N) is 1. The van der Waals surface area contributed by atoms with Crippen molar-refractivity contribution in [2.45, 2.75) is 0 Å². The SMILES string of the molecule is O=C(c1ccc[nH]1)c1cccc(Br)c1F. The summed E-state index contributed by atoms with van der Waals surface area (Å²) in [6.07, 6.45) is 1.63. The molecule has 0 amide bonds. The second-order valence-electron chi connectivity index (χ2n) is 3.01. The third-order valence-electron chi connectivity index (χ3n) is 2.04. The summed E-state index contributed by atoms with van der Waals surface area (Å²) in [6, 6.07) is 7.96. The molecule has 4 heteroatoms. The fraction of sp³-hybridized carbons (Fsp3) is 0. The first kappa shape index (κ1) is 10.1. The van der Waals surface area contributed by atoms with Crippen molar-refractivity contribution in [1.82, 2.24) is 4.98 Å². The predicted octanol–water partition coefficient (Wildman–Crippen LogP) is 3.15. The Hall–Kier alpha value is -1.42. The van der Waals surface area contributed by atoms with Gasteiger partial charge in [-0.05, 0) is 40.2 Å². The molecule has 2 rings (SSSR count). The Bertz CT molecular complexity index is 493. The highest BCUT2D eigenvalue weighted by molar-refractivity contribution is 9.10. The third-order valence-corrected chi connectivity index (χ3v) is 2.65. The van der Waals surface area contributed by atoms with Gasteiger partial charge in [0.05, 0.1) is 15.7 Å². The van der Waals surface area contributed by atoms with Gasteiger partial charge >= 0.3 is 0 Å². The van der Waals surface area contributed by atoms with Gasteiger partial charge in [0.2, 0.25) is 5.78 Å². The first-order chi connectivity index (χ1) is 7.20. The van der Waals surface area contributed by atoms with Crippen molar-refractivity contribution in [2.24, 2.45) is 0 Å². The average Bonchev–Trinajstić information content (AvgIpc) is 2.74. The van der Waals surface area contributed by atoms with E-state index in [-0.39, 0.29) is 11.3 Å². The molecule has 1 N–H and O–H groups in total. The van der Waals surface area contributed by atoms with E-state index in [4.69, 9.17) is 0 Å². The number of carbonyl (C=O) groups excluding carboxylic acids is 1. The predicted molar refractivity (Wildman–Crippen MR) is 58.3 cm³/mol. The van der Waals surface area contributed by atoms with Crippen LogP contribution >= 0.6 is 15.9 Å². The molecule has 1 aromatic carbocycles. The number of ketones is 1.